The molecule has 0 amide bonds. The fourth-order valence-corrected chi connectivity index (χ4v) is 6.11. The van der Waals surface area contributed by atoms with Gasteiger partial charge in [-0.3, -0.25) is 9.59 Å². The summed E-state index contributed by atoms with van der Waals surface area (Å²) in [6, 6.07) is -0.616. The molecule has 0 heterocycles. The number of carboxylic acids is 1. The van der Waals surface area contributed by atoms with Gasteiger partial charge >= 0.3 is 17.9 Å². The summed E-state index contributed by atoms with van der Waals surface area (Å²) in [6.07, 6.45) is 40.4. The maximum Gasteiger partial charge on any atom is 0.362 e. The van der Waals surface area contributed by atoms with Crippen molar-refractivity contribution in [2.45, 2.75) is 193 Å². The average molecular weight is 749 g/mol. The third-order valence-electron chi connectivity index (χ3n) is 9.51. The molecule has 308 valence electrons. The zero-order valence-corrected chi connectivity index (χ0v) is 35.0. The summed E-state index contributed by atoms with van der Waals surface area (Å²) in [5, 5.41) is 9.60. The molecular weight excluding hydrogens is 666 g/mol. The van der Waals surface area contributed by atoms with E-state index in [1.54, 1.807) is 0 Å². The molecule has 0 rings (SSSR count). The third-order valence-corrected chi connectivity index (χ3v) is 9.51. The largest absolute Gasteiger partial charge is 0.477 e. The Bertz CT molecular complexity index is 968. The number of carbonyl (C=O) groups is 3. The van der Waals surface area contributed by atoms with E-state index in [1.165, 1.54) is 83.5 Å². The number of rotatable bonds is 38. The molecule has 0 aliphatic heterocycles. The molecule has 0 spiro atoms. The van der Waals surface area contributed by atoms with Gasteiger partial charge in [-0.25, -0.2) is 4.79 Å². The Balaban J connectivity index is 4.35. The first-order valence-electron chi connectivity index (χ1n) is 21.5. The molecule has 0 aromatic rings. The maximum atomic E-state index is 12.7. The van der Waals surface area contributed by atoms with Crippen molar-refractivity contribution in [1.29, 1.82) is 0 Å². The van der Waals surface area contributed by atoms with Crippen LogP contribution in [0.25, 0.3) is 0 Å². The first kappa shape index (κ1) is 50.5. The van der Waals surface area contributed by atoms with E-state index in [2.05, 4.69) is 50.3 Å². The second-order valence-corrected chi connectivity index (χ2v) is 15.6. The van der Waals surface area contributed by atoms with Crippen LogP contribution >= 0.6 is 0 Å². The lowest BCUT2D eigenvalue weighted by molar-refractivity contribution is -0.887. The van der Waals surface area contributed by atoms with Crippen LogP contribution in [-0.2, 0) is 28.6 Å². The molecule has 0 saturated carbocycles. The van der Waals surface area contributed by atoms with Gasteiger partial charge in [0.25, 0.3) is 0 Å². The van der Waals surface area contributed by atoms with Crippen molar-refractivity contribution >= 4 is 17.9 Å². The van der Waals surface area contributed by atoms with E-state index in [4.69, 9.17) is 14.2 Å². The first-order chi connectivity index (χ1) is 25.6. The number of quaternary nitrogens is 1. The van der Waals surface area contributed by atoms with Crippen molar-refractivity contribution in [3.05, 3.63) is 36.5 Å². The Morgan fingerprint density at radius 1 is 0.566 bits per heavy atom. The minimum absolute atomic E-state index is 0.0560. The second kappa shape index (κ2) is 36.5. The van der Waals surface area contributed by atoms with Gasteiger partial charge in [0.2, 0.25) is 0 Å². The molecule has 0 radical (unpaired) electrons. The number of allylic oxidation sites excluding steroid dienone is 6. The van der Waals surface area contributed by atoms with Crippen molar-refractivity contribution in [1.82, 2.24) is 0 Å². The van der Waals surface area contributed by atoms with Crippen LogP contribution in [0.5, 0.6) is 0 Å². The van der Waals surface area contributed by atoms with Gasteiger partial charge in [0.15, 0.2) is 12.1 Å². The molecule has 0 aliphatic carbocycles. The third kappa shape index (κ3) is 35.0. The Morgan fingerprint density at radius 2 is 1.00 bits per heavy atom. The normalized spacial score (nSPS) is 13.3. The molecular formula is C45H82NO7+. The van der Waals surface area contributed by atoms with Gasteiger partial charge in [-0.15, -0.1) is 0 Å². The number of hydrogen-bond donors (Lipinski definition) is 1. The molecule has 8 heteroatoms. The molecule has 2 atom stereocenters. The zero-order chi connectivity index (χ0) is 39.3. The number of unbranched alkanes of at least 4 members (excludes halogenated alkanes) is 18. The highest BCUT2D eigenvalue weighted by atomic mass is 16.6. The number of carbonyl (C=O) groups excluding carboxylic acids is 2. The lowest BCUT2D eigenvalue weighted by atomic mass is 10.1. The van der Waals surface area contributed by atoms with Gasteiger partial charge in [-0.1, -0.05) is 127 Å². The van der Waals surface area contributed by atoms with E-state index >= 15 is 0 Å². The highest BCUT2D eigenvalue weighted by Crippen LogP contribution is 2.13. The summed E-state index contributed by atoms with van der Waals surface area (Å²) in [7, 11) is 5.52. The van der Waals surface area contributed by atoms with Gasteiger partial charge in [-0.05, 0) is 70.6 Å². The van der Waals surface area contributed by atoms with Gasteiger partial charge < -0.3 is 23.8 Å². The number of carboxylic acid groups (broad SMARTS) is 1. The fraction of sp³-hybridized carbons (Fsp3) is 0.800. The molecule has 2 unspecified atom stereocenters. The van der Waals surface area contributed by atoms with E-state index in [-0.39, 0.29) is 36.2 Å². The standard InChI is InChI=1S/C45H81NO7/c1-6-8-10-12-14-16-18-20-21-22-23-24-26-27-29-31-33-35-43(47)52-40-41(39-51-38-37-42(45(49)50)46(3,4)5)53-44(48)36-34-32-30-28-25-19-17-15-13-11-9-7-2/h14-17,20-21,41-42H,6-13,18-19,22-40H2,1-5H3/p+1/b16-14+,17-15+,21-20+. The van der Waals surface area contributed by atoms with Gasteiger partial charge in [0.1, 0.15) is 6.61 Å². The number of likely N-dealkylation sites (N-methyl/N-ethyl adjacent to an activating group) is 1. The molecule has 0 aromatic heterocycles. The molecule has 0 fully saturated rings. The molecule has 8 nitrogen and oxygen atoms in total. The van der Waals surface area contributed by atoms with E-state index in [9.17, 15) is 19.5 Å². The predicted molar refractivity (Wildman–Crippen MR) is 220 cm³/mol. The quantitative estimate of drug-likeness (QED) is 0.0290. The summed E-state index contributed by atoms with van der Waals surface area (Å²) in [5.74, 6) is -1.49. The summed E-state index contributed by atoms with van der Waals surface area (Å²) in [4.78, 5) is 36.9. The van der Waals surface area contributed by atoms with E-state index < -0.39 is 18.1 Å². The second-order valence-electron chi connectivity index (χ2n) is 15.6. The van der Waals surface area contributed by atoms with E-state index in [1.807, 2.05) is 21.1 Å². The molecule has 0 aromatic carbocycles. The fourth-order valence-electron chi connectivity index (χ4n) is 6.11. The van der Waals surface area contributed by atoms with Crippen LogP contribution in [0.4, 0.5) is 0 Å². The van der Waals surface area contributed by atoms with Crippen LogP contribution in [0.3, 0.4) is 0 Å². The topological polar surface area (TPSA) is 99.1 Å². The SMILES string of the molecule is CCCCC/C=C/C/C=C/CCCCCCCCCC(=O)OCC(COCCC(C(=O)O)[N+](C)(C)C)OC(=O)CCCCCCC/C=C/CCCCC. The van der Waals surface area contributed by atoms with E-state index in [0.717, 1.165) is 64.2 Å². The Kier molecular flexibility index (Phi) is 34.8. The Morgan fingerprint density at radius 3 is 1.47 bits per heavy atom. The highest BCUT2D eigenvalue weighted by molar-refractivity contribution is 5.72. The average Bonchev–Trinajstić information content (AvgIpc) is 3.11. The predicted octanol–water partition coefficient (Wildman–Crippen LogP) is 11.5. The molecule has 0 aliphatic rings. The first-order valence-corrected chi connectivity index (χ1v) is 21.5. The summed E-state index contributed by atoms with van der Waals surface area (Å²) in [6.45, 7) is 4.67. The molecule has 53 heavy (non-hydrogen) atoms. The highest BCUT2D eigenvalue weighted by Gasteiger charge is 2.31. The lowest BCUT2D eigenvalue weighted by Crippen LogP contribution is -2.50. The minimum atomic E-state index is -0.878. The Labute approximate surface area is 325 Å². The maximum absolute atomic E-state index is 12.7. The monoisotopic (exact) mass is 749 g/mol. The van der Waals surface area contributed by atoms with Crippen molar-refractivity contribution in [3.8, 4) is 0 Å². The summed E-state index contributed by atoms with van der Waals surface area (Å²) in [5.41, 5.74) is 0. The van der Waals surface area contributed by atoms with Crippen LogP contribution in [-0.4, -0.2) is 80.6 Å². The number of hydrogen-bond acceptors (Lipinski definition) is 6. The molecule has 0 bridgehead atoms. The summed E-state index contributed by atoms with van der Waals surface area (Å²) >= 11 is 0. The number of aliphatic carboxylic acids is 1. The van der Waals surface area contributed by atoms with Crippen molar-refractivity contribution in [2.24, 2.45) is 0 Å². The van der Waals surface area contributed by atoms with Crippen molar-refractivity contribution < 1.29 is 38.2 Å². The number of ether oxygens (including phenoxy) is 3. The summed E-state index contributed by atoms with van der Waals surface area (Å²) < 4.78 is 17.2. The number of esters is 2. The minimum Gasteiger partial charge on any atom is -0.477 e. The molecule has 0 saturated heterocycles. The number of nitrogens with zero attached hydrogens (tertiary/aromatic N) is 1. The van der Waals surface area contributed by atoms with E-state index in [0.29, 0.717) is 19.3 Å². The van der Waals surface area contributed by atoms with Crippen LogP contribution in [0, 0.1) is 0 Å². The molecule has 1 N–H and O–H groups in total. The lowest BCUT2D eigenvalue weighted by Gasteiger charge is -2.31. The van der Waals surface area contributed by atoms with Gasteiger partial charge in [0, 0.05) is 19.3 Å². The smallest absolute Gasteiger partial charge is 0.362 e. The van der Waals surface area contributed by atoms with Crippen LogP contribution in [0.15, 0.2) is 36.5 Å². The van der Waals surface area contributed by atoms with Gasteiger partial charge in [-0.2, -0.15) is 0 Å². The van der Waals surface area contributed by atoms with Gasteiger partial charge in [0.05, 0.1) is 34.4 Å². The van der Waals surface area contributed by atoms with Crippen LogP contribution in [0.2, 0.25) is 0 Å². The zero-order valence-electron chi connectivity index (χ0n) is 35.0. The van der Waals surface area contributed by atoms with Crippen LogP contribution < -0.4 is 0 Å². The van der Waals surface area contributed by atoms with Crippen molar-refractivity contribution in [2.75, 3.05) is 41.0 Å². The Hall–Kier alpha value is -2.45. The van der Waals surface area contributed by atoms with Crippen LogP contribution in [0.1, 0.15) is 181 Å². The van der Waals surface area contributed by atoms with Crippen molar-refractivity contribution in [3.63, 3.8) is 0 Å².